The largest absolute Gasteiger partial charge is 0.455 e. The number of rotatable bonds is 0. The summed E-state index contributed by atoms with van der Waals surface area (Å²) in [5.74, 6) is 0.513. The van der Waals surface area contributed by atoms with Crippen LogP contribution in [0.25, 0.3) is 6.08 Å². The van der Waals surface area contributed by atoms with Crippen molar-refractivity contribution in [3.63, 3.8) is 0 Å². The quantitative estimate of drug-likeness (QED) is 0.562. The van der Waals surface area contributed by atoms with Crippen molar-refractivity contribution in [2.45, 2.75) is 12.7 Å². The van der Waals surface area contributed by atoms with Gasteiger partial charge in [0.05, 0.1) is 0 Å². The Balaban J connectivity index is 2.14. The zero-order chi connectivity index (χ0) is 8.89. The highest BCUT2D eigenvalue weighted by Gasteiger charge is 2.51. The first kappa shape index (κ1) is 7.15. The van der Waals surface area contributed by atoms with Crippen LogP contribution in [0.4, 0.5) is 0 Å². The standard InChI is InChI=1S/C11H10O2/c1-8-6-9-4-2-3-5-10(9)13-11(8)7-12-11/h2-6H,7H2,1H3. The third-order valence-corrected chi connectivity index (χ3v) is 2.57. The lowest BCUT2D eigenvalue weighted by Crippen LogP contribution is -2.24. The summed E-state index contributed by atoms with van der Waals surface area (Å²) in [5.41, 5.74) is 2.30. The Morgan fingerprint density at radius 1 is 1.31 bits per heavy atom. The molecule has 3 rings (SSSR count). The van der Waals surface area contributed by atoms with Crippen LogP contribution < -0.4 is 4.74 Å². The topological polar surface area (TPSA) is 21.8 Å². The Bertz CT molecular complexity index is 389. The Kier molecular flexibility index (Phi) is 1.18. The maximum atomic E-state index is 5.75. The molecule has 0 aliphatic carbocycles. The van der Waals surface area contributed by atoms with Crippen LogP contribution in [0.1, 0.15) is 12.5 Å². The lowest BCUT2D eigenvalue weighted by molar-refractivity contribution is 0.0938. The van der Waals surface area contributed by atoms with E-state index in [-0.39, 0.29) is 0 Å². The van der Waals surface area contributed by atoms with Gasteiger partial charge in [-0.3, -0.25) is 0 Å². The highest BCUT2D eigenvalue weighted by Crippen LogP contribution is 2.43. The molecule has 1 aromatic rings. The molecule has 2 nitrogen and oxygen atoms in total. The minimum atomic E-state index is -0.408. The summed E-state index contributed by atoms with van der Waals surface area (Å²) < 4.78 is 11.1. The molecule has 1 fully saturated rings. The smallest absolute Gasteiger partial charge is 0.257 e. The van der Waals surface area contributed by atoms with Gasteiger partial charge in [-0.1, -0.05) is 18.2 Å². The van der Waals surface area contributed by atoms with E-state index in [0.29, 0.717) is 6.61 Å². The van der Waals surface area contributed by atoms with E-state index < -0.39 is 5.79 Å². The molecule has 0 radical (unpaired) electrons. The highest BCUT2D eigenvalue weighted by atomic mass is 16.8. The van der Waals surface area contributed by atoms with Gasteiger partial charge in [-0.15, -0.1) is 0 Å². The third-order valence-electron chi connectivity index (χ3n) is 2.57. The number of para-hydroxylation sites is 1. The maximum absolute atomic E-state index is 5.75. The molecule has 1 spiro atoms. The zero-order valence-corrected chi connectivity index (χ0v) is 7.41. The second kappa shape index (κ2) is 2.15. The van der Waals surface area contributed by atoms with E-state index in [1.165, 1.54) is 0 Å². The van der Waals surface area contributed by atoms with Crippen LogP contribution in [0.15, 0.2) is 29.8 Å². The van der Waals surface area contributed by atoms with Crippen molar-refractivity contribution in [1.82, 2.24) is 0 Å². The van der Waals surface area contributed by atoms with Gasteiger partial charge in [0.1, 0.15) is 12.4 Å². The molecule has 0 amide bonds. The van der Waals surface area contributed by atoms with E-state index in [4.69, 9.17) is 9.47 Å². The number of benzene rings is 1. The molecule has 0 N–H and O–H groups in total. The van der Waals surface area contributed by atoms with Crippen LogP contribution in [0, 0.1) is 0 Å². The number of ether oxygens (including phenoxy) is 2. The average Bonchev–Trinajstić information content (AvgIpc) is 2.88. The number of hydrogen-bond donors (Lipinski definition) is 0. The van der Waals surface area contributed by atoms with Crippen molar-refractivity contribution in [2.24, 2.45) is 0 Å². The fourth-order valence-corrected chi connectivity index (χ4v) is 1.65. The van der Waals surface area contributed by atoms with Crippen LogP contribution in [0.5, 0.6) is 5.75 Å². The SMILES string of the molecule is CC1=Cc2ccccc2OC12CO2. The Morgan fingerprint density at radius 2 is 2.08 bits per heavy atom. The van der Waals surface area contributed by atoms with Gasteiger partial charge in [0.25, 0.3) is 5.79 Å². The van der Waals surface area contributed by atoms with Gasteiger partial charge in [-0.05, 0) is 19.1 Å². The van der Waals surface area contributed by atoms with Crippen molar-refractivity contribution in [3.8, 4) is 5.75 Å². The summed E-state index contributed by atoms with van der Waals surface area (Å²) in [5, 5.41) is 0. The molecule has 66 valence electrons. The predicted octanol–water partition coefficient (Wildman–Crippen LogP) is 2.21. The summed E-state index contributed by atoms with van der Waals surface area (Å²) in [6.07, 6.45) is 2.13. The molecule has 13 heavy (non-hydrogen) atoms. The number of hydrogen-bond acceptors (Lipinski definition) is 2. The minimum Gasteiger partial charge on any atom is -0.455 e. The lowest BCUT2D eigenvalue weighted by atomic mass is 10.0. The van der Waals surface area contributed by atoms with Crippen LogP contribution >= 0.6 is 0 Å². The molecule has 2 aliphatic heterocycles. The summed E-state index contributed by atoms with van der Waals surface area (Å²) >= 11 is 0. The first-order chi connectivity index (χ1) is 6.30. The Labute approximate surface area is 76.8 Å². The molecule has 1 aromatic carbocycles. The normalized spacial score (nSPS) is 29.2. The molecular formula is C11H10O2. The summed E-state index contributed by atoms with van der Waals surface area (Å²) in [6, 6.07) is 8.01. The number of fused-ring (bicyclic) bond motifs is 1. The molecule has 0 bridgehead atoms. The van der Waals surface area contributed by atoms with Crippen LogP contribution in [0.2, 0.25) is 0 Å². The van der Waals surface area contributed by atoms with Crippen molar-refractivity contribution in [3.05, 3.63) is 35.4 Å². The lowest BCUT2D eigenvalue weighted by Gasteiger charge is -2.21. The van der Waals surface area contributed by atoms with Crippen molar-refractivity contribution < 1.29 is 9.47 Å². The van der Waals surface area contributed by atoms with E-state index in [1.807, 2.05) is 31.2 Å². The third kappa shape index (κ3) is 0.923. The Morgan fingerprint density at radius 3 is 2.85 bits per heavy atom. The summed E-state index contributed by atoms with van der Waals surface area (Å²) in [4.78, 5) is 0. The van der Waals surface area contributed by atoms with Crippen molar-refractivity contribution in [1.29, 1.82) is 0 Å². The molecular weight excluding hydrogens is 164 g/mol. The van der Waals surface area contributed by atoms with Gasteiger partial charge in [0.2, 0.25) is 0 Å². The number of epoxide rings is 1. The molecule has 1 unspecified atom stereocenters. The van der Waals surface area contributed by atoms with Crippen LogP contribution in [-0.2, 0) is 4.74 Å². The molecule has 0 saturated carbocycles. The Hall–Kier alpha value is -1.28. The van der Waals surface area contributed by atoms with Crippen molar-refractivity contribution >= 4 is 6.08 Å². The van der Waals surface area contributed by atoms with E-state index in [0.717, 1.165) is 16.9 Å². The fourth-order valence-electron chi connectivity index (χ4n) is 1.65. The van der Waals surface area contributed by atoms with E-state index in [1.54, 1.807) is 0 Å². The van der Waals surface area contributed by atoms with Gasteiger partial charge in [0.15, 0.2) is 0 Å². The van der Waals surface area contributed by atoms with Gasteiger partial charge < -0.3 is 9.47 Å². The molecule has 1 saturated heterocycles. The molecule has 1 atom stereocenters. The van der Waals surface area contributed by atoms with E-state index in [9.17, 15) is 0 Å². The minimum absolute atomic E-state index is 0.408. The average molecular weight is 174 g/mol. The zero-order valence-electron chi connectivity index (χ0n) is 7.41. The predicted molar refractivity (Wildman–Crippen MR) is 49.4 cm³/mol. The second-order valence-electron chi connectivity index (χ2n) is 3.51. The molecule has 2 heterocycles. The summed E-state index contributed by atoms with van der Waals surface area (Å²) in [6.45, 7) is 2.73. The van der Waals surface area contributed by atoms with Gasteiger partial charge in [-0.25, -0.2) is 0 Å². The summed E-state index contributed by atoms with van der Waals surface area (Å²) in [7, 11) is 0. The van der Waals surface area contributed by atoms with Gasteiger partial charge in [-0.2, -0.15) is 0 Å². The first-order valence-corrected chi connectivity index (χ1v) is 4.41. The van der Waals surface area contributed by atoms with Crippen LogP contribution in [-0.4, -0.2) is 12.4 Å². The van der Waals surface area contributed by atoms with Crippen LogP contribution in [0.3, 0.4) is 0 Å². The molecule has 2 heteroatoms. The monoisotopic (exact) mass is 174 g/mol. The van der Waals surface area contributed by atoms with Crippen molar-refractivity contribution in [2.75, 3.05) is 6.61 Å². The van der Waals surface area contributed by atoms with Gasteiger partial charge in [0, 0.05) is 11.1 Å². The maximum Gasteiger partial charge on any atom is 0.257 e. The second-order valence-corrected chi connectivity index (χ2v) is 3.51. The molecule has 2 aliphatic rings. The first-order valence-electron chi connectivity index (χ1n) is 4.41. The van der Waals surface area contributed by atoms with Gasteiger partial charge >= 0.3 is 0 Å². The van der Waals surface area contributed by atoms with E-state index in [2.05, 4.69) is 6.08 Å². The van der Waals surface area contributed by atoms with E-state index >= 15 is 0 Å². The molecule has 0 aromatic heterocycles. The fraction of sp³-hybridized carbons (Fsp3) is 0.273. The highest BCUT2D eigenvalue weighted by molar-refractivity contribution is 5.64.